The van der Waals surface area contributed by atoms with Crippen LogP contribution in [0.25, 0.3) is 0 Å². The molecule has 5 heteroatoms. The Hall–Kier alpha value is -3.60. The molecule has 0 radical (unpaired) electrons. The molecule has 0 N–H and O–H groups in total. The molecule has 3 atom stereocenters. The minimum absolute atomic E-state index is 0. The summed E-state index contributed by atoms with van der Waals surface area (Å²) in [5.74, 6) is 0.607. The number of halogens is 1. The highest BCUT2D eigenvalue weighted by molar-refractivity contribution is 6.09. The molecule has 0 saturated carbocycles. The Morgan fingerprint density at radius 3 is 1.95 bits per heavy atom. The zero-order valence-corrected chi connectivity index (χ0v) is 23.1. The molecular formula is C33H35ClN4. The Kier molecular flexibility index (Phi) is 7.55. The minimum Gasteiger partial charge on any atom is -0.341 e. The Bertz CT molecular complexity index is 1400. The van der Waals surface area contributed by atoms with Gasteiger partial charge in [-0.05, 0) is 55.4 Å². The van der Waals surface area contributed by atoms with Crippen LogP contribution in [-0.4, -0.2) is 37.8 Å². The fourth-order valence-corrected chi connectivity index (χ4v) is 6.10. The van der Waals surface area contributed by atoms with Crippen LogP contribution in [0.4, 0.5) is 17.1 Å². The summed E-state index contributed by atoms with van der Waals surface area (Å²) in [6.45, 7) is 4.35. The molecule has 194 valence electrons. The number of hydrogen-bond donors (Lipinski definition) is 0. The molecule has 4 nitrogen and oxygen atoms in total. The van der Waals surface area contributed by atoms with Gasteiger partial charge < -0.3 is 9.80 Å². The number of hydrogen-bond acceptors (Lipinski definition) is 4. The van der Waals surface area contributed by atoms with Gasteiger partial charge in [-0.2, -0.15) is 5.10 Å². The van der Waals surface area contributed by atoms with Gasteiger partial charge in [0.15, 0.2) is 0 Å². The lowest BCUT2D eigenvalue weighted by Crippen LogP contribution is -2.31. The van der Waals surface area contributed by atoms with Crippen LogP contribution >= 0.6 is 12.4 Å². The SMILES string of the molecule is CC(CN(C)C)CN1c2ccccc2C2C(c3ccccc3)=NN(c3ccccc3)C2c2ccccc21.Cl. The van der Waals surface area contributed by atoms with Crippen LogP contribution in [0.2, 0.25) is 0 Å². The molecular weight excluding hydrogens is 488 g/mol. The third-order valence-electron chi connectivity index (χ3n) is 7.46. The zero-order chi connectivity index (χ0) is 25.4. The first-order chi connectivity index (χ1) is 18.1. The number of rotatable bonds is 6. The van der Waals surface area contributed by atoms with E-state index >= 15 is 0 Å². The second-order valence-electron chi connectivity index (χ2n) is 10.5. The van der Waals surface area contributed by atoms with E-state index in [1.54, 1.807) is 0 Å². The van der Waals surface area contributed by atoms with E-state index < -0.39 is 0 Å². The number of benzene rings is 4. The predicted octanol–water partition coefficient (Wildman–Crippen LogP) is 7.51. The lowest BCUT2D eigenvalue weighted by atomic mass is 9.82. The van der Waals surface area contributed by atoms with Crippen LogP contribution in [0.15, 0.2) is 114 Å². The van der Waals surface area contributed by atoms with Gasteiger partial charge in [0.05, 0.1) is 23.4 Å². The Labute approximate surface area is 232 Å². The first kappa shape index (κ1) is 26.0. The molecule has 0 aromatic heterocycles. The summed E-state index contributed by atoms with van der Waals surface area (Å²) in [4.78, 5) is 4.84. The average Bonchev–Trinajstić information content (AvgIpc) is 3.28. The minimum atomic E-state index is 0. The van der Waals surface area contributed by atoms with Crippen molar-refractivity contribution in [3.8, 4) is 0 Å². The van der Waals surface area contributed by atoms with E-state index in [-0.39, 0.29) is 24.4 Å². The summed E-state index contributed by atoms with van der Waals surface area (Å²) in [6.07, 6.45) is 0. The van der Waals surface area contributed by atoms with Crippen molar-refractivity contribution in [3.63, 3.8) is 0 Å². The summed E-state index contributed by atoms with van der Waals surface area (Å²) < 4.78 is 0. The molecule has 4 aromatic carbocycles. The highest BCUT2D eigenvalue weighted by Gasteiger charge is 2.45. The molecule has 6 rings (SSSR count). The molecule has 0 amide bonds. The summed E-state index contributed by atoms with van der Waals surface area (Å²) in [5.41, 5.74) is 8.63. The van der Waals surface area contributed by atoms with Crippen molar-refractivity contribution >= 4 is 35.2 Å². The lowest BCUT2D eigenvalue weighted by Gasteiger charge is -2.31. The van der Waals surface area contributed by atoms with Crippen molar-refractivity contribution in [2.75, 3.05) is 37.1 Å². The maximum Gasteiger partial charge on any atom is 0.0921 e. The van der Waals surface area contributed by atoms with E-state index in [9.17, 15) is 0 Å². The van der Waals surface area contributed by atoms with Crippen LogP contribution in [0.3, 0.4) is 0 Å². The molecule has 2 heterocycles. The lowest BCUT2D eigenvalue weighted by molar-refractivity contribution is 0.343. The fraction of sp³-hybridized carbons (Fsp3) is 0.242. The number of nitrogens with zero attached hydrogens (tertiary/aromatic N) is 4. The number of fused-ring (bicyclic) bond motifs is 5. The summed E-state index contributed by atoms with van der Waals surface area (Å²) in [6, 6.07) is 39.3. The van der Waals surface area contributed by atoms with E-state index in [1.165, 1.54) is 28.1 Å². The van der Waals surface area contributed by atoms with Crippen LogP contribution in [0.5, 0.6) is 0 Å². The van der Waals surface area contributed by atoms with Crippen molar-refractivity contribution in [2.24, 2.45) is 11.0 Å². The van der Waals surface area contributed by atoms with Crippen LogP contribution in [0.1, 0.15) is 35.6 Å². The van der Waals surface area contributed by atoms with Gasteiger partial charge in [0.25, 0.3) is 0 Å². The van der Waals surface area contributed by atoms with Crippen LogP contribution < -0.4 is 9.91 Å². The monoisotopic (exact) mass is 522 g/mol. The second kappa shape index (κ2) is 11.0. The topological polar surface area (TPSA) is 22.1 Å². The fourth-order valence-electron chi connectivity index (χ4n) is 6.10. The van der Waals surface area contributed by atoms with E-state index in [4.69, 9.17) is 5.10 Å². The highest BCUT2D eigenvalue weighted by atomic mass is 35.5. The number of para-hydroxylation sites is 3. The van der Waals surface area contributed by atoms with Crippen molar-refractivity contribution in [1.82, 2.24) is 4.90 Å². The van der Waals surface area contributed by atoms with E-state index in [0.29, 0.717) is 5.92 Å². The average molecular weight is 523 g/mol. The van der Waals surface area contributed by atoms with E-state index in [0.717, 1.165) is 24.5 Å². The molecule has 38 heavy (non-hydrogen) atoms. The van der Waals surface area contributed by atoms with Gasteiger partial charge in [0.1, 0.15) is 0 Å². The molecule has 3 unspecified atom stereocenters. The van der Waals surface area contributed by atoms with E-state index in [2.05, 4.69) is 145 Å². The molecule has 0 aliphatic carbocycles. The van der Waals surface area contributed by atoms with E-state index in [1.807, 2.05) is 0 Å². The Balaban J connectivity index is 0.00000294. The number of anilines is 3. The van der Waals surface area contributed by atoms with Gasteiger partial charge in [0.2, 0.25) is 0 Å². The Morgan fingerprint density at radius 1 is 0.737 bits per heavy atom. The maximum atomic E-state index is 5.36. The highest BCUT2D eigenvalue weighted by Crippen LogP contribution is 2.53. The smallest absolute Gasteiger partial charge is 0.0921 e. The molecule has 4 aromatic rings. The quantitative estimate of drug-likeness (QED) is 0.261. The molecule has 2 aliphatic heterocycles. The maximum absolute atomic E-state index is 5.36. The first-order valence-electron chi connectivity index (χ1n) is 13.2. The largest absolute Gasteiger partial charge is 0.341 e. The van der Waals surface area contributed by atoms with Crippen molar-refractivity contribution in [2.45, 2.75) is 18.9 Å². The third kappa shape index (κ3) is 4.70. The van der Waals surface area contributed by atoms with Gasteiger partial charge >= 0.3 is 0 Å². The zero-order valence-electron chi connectivity index (χ0n) is 22.2. The summed E-state index contributed by atoms with van der Waals surface area (Å²) >= 11 is 0. The van der Waals surface area contributed by atoms with Gasteiger partial charge in [-0.15, -0.1) is 12.4 Å². The normalized spacial score (nSPS) is 18.6. The van der Waals surface area contributed by atoms with Crippen LogP contribution in [-0.2, 0) is 0 Å². The van der Waals surface area contributed by atoms with Gasteiger partial charge in [0, 0.05) is 30.0 Å². The molecule has 0 spiro atoms. The van der Waals surface area contributed by atoms with Gasteiger partial charge in [-0.25, -0.2) is 0 Å². The summed E-state index contributed by atoms with van der Waals surface area (Å²) in [5, 5.41) is 7.62. The van der Waals surface area contributed by atoms with Gasteiger partial charge in [-0.3, -0.25) is 5.01 Å². The molecule has 0 saturated heterocycles. The molecule has 0 bridgehead atoms. The first-order valence-corrected chi connectivity index (χ1v) is 13.2. The second-order valence-corrected chi connectivity index (χ2v) is 10.5. The standard InChI is InChI=1S/C33H34N4.ClH/c1-24(22-35(2)3)23-36-29-20-12-10-18-27(29)31-32(25-14-6-4-7-15-25)34-37(26-16-8-5-9-17-26)33(31)28-19-11-13-21-30(28)36;/h4-21,24,31,33H,22-23H2,1-3H3;1H. The number of hydrazone groups is 1. The Morgan fingerprint density at radius 2 is 1.29 bits per heavy atom. The summed E-state index contributed by atoms with van der Waals surface area (Å²) in [7, 11) is 4.32. The molecule has 0 fully saturated rings. The van der Waals surface area contributed by atoms with Crippen molar-refractivity contribution in [1.29, 1.82) is 0 Å². The van der Waals surface area contributed by atoms with Crippen molar-refractivity contribution < 1.29 is 0 Å². The molecule has 2 aliphatic rings. The van der Waals surface area contributed by atoms with Crippen molar-refractivity contribution in [3.05, 3.63) is 126 Å². The predicted molar refractivity (Wildman–Crippen MR) is 162 cm³/mol. The van der Waals surface area contributed by atoms with Gasteiger partial charge in [-0.1, -0.05) is 91.9 Å². The third-order valence-corrected chi connectivity index (χ3v) is 7.46. The van der Waals surface area contributed by atoms with Crippen LogP contribution in [0, 0.1) is 5.92 Å².